The molecule has 22 heavy (non-hydrogen) atoms. The van der Waals surface area contributed by atoms with Crippen LogP contribution in [0.25, 0.3) is 0 Å². The number of anilines is 1. The fraction of sp³-hybridized carbons (Fsp3) is 0.133. The summed E-state index contributed by atoms with van der Waals surface area (Å²) in [6.45, 7) is 2.10. The molecule has 4 nitrogen and oxygen atoms in total. The van der Waals surface area contributed by atoms with Gasteiger partial charge < -0.3 is 9.47 Å². The van der Waals surface area contributed by atoms with Crippen molar-refractivity contribution >= 4 is 46.2 Å². The highest BCUT2D eigenvalue weighted by atomic mass is 35.5. The Morgan fingerprint density at radius 2 is 1.73 bits per heavy atom. The van der Waals surface area contributed by atoms with Crippen LogP contribution in [0.15, 0.2) is 35.4 Å². The summed E-state index contributed by atoms with van der Waals surface area (Å²) < 4.78 is 10.6. The summed E-state index contributed by atoms with van der Waals surface area (Å²) in [7, 11) is 0. The maximum atomic E-state index is 6.10. The molecule has 1 aliphatic heterocycles. The number of fused-ring (bicyclic) bond motifs is 1. The van der Waals surface area contributed by atoms with Gasteiger partial charge in [-0.1, -0.05) is 34.8 Å². The van der Waals surface area contributed by atoms with Crippen LogP contribution in [0, 0.1) is 0 Å². The fourth-order valence-electron chi connectivity index (χ4n) is 1.97. The van der Waals surface area contributed by atoms with Gasteiger partial charge in [-0.3, -0.25) is 5.43 Å². The van der Waals surface area contributed by atoms with E-state index in [-0.39, 0.29) is 6.79 Å². The van der Waals surface area contributed by atoms with Crippen molar-refractivity contribution < 1.29 is 9.47 Å². The van der Waals surface area contributed by atoms with E-state index in [1.165, 1.54) is 0 Å². The van der Waals surface area contributed by atoms with Crippen LogP contribution >= 0.6 is 34.8 Å². The third-order valence-electron chi connectivity index (χ3n) is 3.13. The molecule has 1 heterocycles. The van der Waals surface area contributed by atoms with Gasteiger partial charge in [-0.15, -0.1) is 0 Å². The second kappa shape index (κ2) is 6.24. The predicted octanol–water partition coefficient (Wildman–Crippen LogP) is 5.21. The Bertz CT molecular complexity index is 739. The van der Waals surface area contributed by atoms with Crippen molar-refractivity contribution in [2.45, 2.75) is 6.92 Å². The highest BCUT2D eigenvalue weighted by Crippen LogP contribution is 2.34. The maximum absolute atomic E-state index is 6.10. The molecular weight excluding hydrogens is 347 g/mol. The van der Waals surface area contributed by atoms with Crippen LogP contribution in [-0.2, 0) is 0 Å². The van der Waals surface area contributed by atoms with Crippen molar-refractivity contribution in [2.75, 3.05) is 12.2 Å². The highest BCUT2D eigenvalue weighted by molar-refractivity contribution is 6.41. The van der Waals surface area contributed by atoms with Crippen LogP contribution in [0.2, 0.25) is 15.1 Å². The molecule has 0 bridgehead atoms. The molecule has 7 heteroatoms. The molecule has 2 aromatic carbocycles. The first-order valence-electron chi connectivity index (χ1n) is 6.39. The average molecular weight is 358 g/mol. The number of halogens is 3. The van der Waals surface area contributed by atoms with Crippen molar-refractivity contribution in [3.63, 3.8) is 0 Å². The second-order valence-electron chi connectivity index (χ2n) is 4.62. The molecule has 0 fully saturated rings. The van der Waals surface area contributed by atoms with Gasteiger partial charge in [0.05, 0.1) is 21.4 Å². The molecule has 0 atom stereocenters. The Hall–Kier alpha value is -1.62. The maximum Gasteiger partial charge on any atom is 0.231 e. The number of hydrogen-bond acceptors (Lipinski definition) is 4. The van der Waals surface area contributed by atoms with E-state index in [0.29, 0.717) is 26.5 Å². The number of rotatable bonds is 3. The van der Waals surface area contributed by atoms with Crippen LogP contribution in [0.3, 0.4) is 0 Å². The monoisotopic (exact) mass is 356 g/mol. The third-order valence-corrected chi connectivity index (χ3v) is 3.95. The van der Waals surface area contributed by atoms with Gasteiger partial charge in [0.2, 0.25) is 6.79 Å². The topological polar surface area (TPSA) is 42.9 Å². The lowest BCUT2D eigenvalue weighted by atomic mass is 10.1. The van der Waals surface area contributed by atoms with Gasteiger partial charge in [0.15, 0.2) is 11.5 Å². The molecule has 0 saturated heterocycles. The number of nitrogens with zero attached hydrogens (tertiary/aromatic N) is 1. The van der Waals surface area contributed by atoms with Crippen LogP contribution in [0.5, 0.6) is 11.5 Å². The van der Waals surface area contributed by atoms with E-state index in [9.17, 15) is 0 Å². The van der Waals surface area contributed by atoms with Crippen LogP contribution in [0.4, 0.5) is 5.69 Å². The molecule has 3 rings (SSSR count). The molecule has 0 spiro atoms. The summed E-state index contributed by atoms with van der Waals surface area (Å²) in [5.74, 6) is 1.43. The molecule has 0 aliphatic carbocycles. The quantitative estimate of drug-likeness (QED) is 0.605. The molecule has 0 radical (unpaired) electrons. The molecule has 0 saturated carbocycles. The summed E-state index contributed by atoms with van der Waals surface area (Å²) >= 11 is 18.1. The zero-order valence-electron chi connectivity index (χ0n) is 11.5. The Labute approximate surface area is 142 Å². The lowest BCUT2D eigenvalue weighted by Crippen LogP contribution is -2.00. The minimum atomic E-state index is 0.239. The van der Waals surface area contributed by atoms with E-state index >= 15 is 0 Å². The van der Waals surface area contributed by atoms with Crippen LogP contribution in [0.1, 0.15) is 12.5 Å². The van der Waals surface area contributed by atoms with Crippen molar-refractivity contribution in [3.8, 4) is 11.5 Å². The number of benzene rings is 2. The van der Waals surface area contributed by atoms with E-state index in [4.69, 9.17) is 44.3 Å². The van der Waals surface area contributed by atoms with Crippen molar-refractivity contribution in [3.05, 3.63) is 51.0 Å². The summed E-state index contributed by atoms with van der Waals surface area (Å²) in [6.07, 6.45) is 0. The van der Waals surface area contributed by atoms with Gasteiger partial charge in [0.25, 0.3) is 0 Å². The molecule has 1 N–H and O–H groups in total. The number of hydrazone groups is 1. The van der Waals surface area contributed by atoms with Gasteiger partial charge in [0, 0.05) is 10.6 Å². The van der Waals surface area contributed by atoms with Gasteiger partial charge >= 0.3 is 0 Å². The second-order valence-corrected chi connectivity index (χ2v) is 5.87. The van der Waals surface area contributed by atoms with Crippen LogP contribution < -0.4 is 14.9 Å². The van der Waals surface area contributed by atoms with Gasteiger partial charge in [0.1, 0.15) is 0 Å². The first-order chi connectivity index (χ1) is 10.5. The number of ether oxygens (including phenoxy) is 2. The lowest BCUT2D eigenvalue weighted by Gasteiger charge is -2.08. The molecule has 2 aromatic rings. The number of hydrogen-bond donors (Lipinski definition) is 1. The minimum absolute atomic E-state index is 0.239. The van der Waals surface area contributed by atoms with Gasteiger partial charge in [-0.2, -0.15) is 5.10 Å². The Kier molecular flexibility index (Phi) is 4.34. The van der Waals surface area contributed by atoms with Gasteiger partial charge in [-0.05, 0) is 37.3 Å². The Morgan fingerprint density at radius 3 is 2.45 bits per heavy atom. The first kappa shape index (κ1) is 15.3. The molecule has 1 aliphatic rings. The van der Waals surface area contributed by atoms with E-state index in [2.05, 4.69) is 10.5 Å². The normalized spacial score (nSPS) is 13.4. The van der Waals surface area contributed by atoms with Crippen molar-refractivity contribution in [1.82, 2.24) is 0 Å². The van der Waals surface area contributed by atoms with Crippen molar-refractivity contribution in [2.24, 2.45) is 5.10 Å². The molecule has 0 amide bonds. The average Bonchev–Trinajstić information content (AvgIpc) is 2.93. The Balaban J connectivity index is 1.84. The smallest absolute Gasteiger partial charge is 0.231 e. The molecule has 0 aromatic heterocycles. The predicted molar refractivity (Wildman–Crippen MR) is 89.9 cm³/mol. The van der Waals surface area contributed by atoms with Crippen LogP contribution in [-0.4, -0.2) is 12.5 Å². The van der Waals surface area contributed by atoms with E-state index in [0.717, 1.165) is 17.0 Å². The third kappa shape index (κ3) is 3.09. The minimum Gasteiger partial charge on any atom is -0.454 e. The zero-order chi connectivity index (χ0) is 15.7. The van der Waals surface area contributed by atoms with Crippen molar-refractivity contribution in [1.29, 1.82) is 0 Å². The lowest BCUT2D eigenvalue weighted by molar-refractivity contribution is 0.174. The van der Waals surface area contributed by atoms with E-state index < -0.39 is 0 Å². The summed E-state index contributed by atoms with van der Waals surface area (Å²) in [4.78, 5) is 0. The standard InChI is InChI=1S/C15H11Cl3N2O2/c1-8(9-2-3-13-14(4-9)22-7-21-13)19-20-15-11(17)5-10(16)6-12(15)18/h2-6,20H,7H2,1H3/b19-8-. The summed E-state index contributed by atoms with van der Waals surface area (Å²) in [5.41, 5.74) is 5.03. The van der Waals surface area contributed by atoms with Gasteiger partial charge in [-0.25, -0.2) is 0 Å². The molecule has 0 unspecified atom stereocenters. The van der Waals surface area contributed by atoms with E-state index in [1.807, 2.05) is 25.1 Å². The fourth-order valence-corrected chi connectivity index (χ4v) is 2.88. The Morgan fingerprint density at radius 1 is 1.05 bits per heavy atom. The number of nitrogens with one attached hydrogen (secondary N) is 1. The summed E-state index contributed by atoms with van der Waals surface area (Å²) in [6, 6.07) is 8.82. The first-order valence-corrected chi connectivity index (χ1v) is 7.53. The molecular formula is C15H11Cl3N2O2. The summed E-state index contributed by atoms with van der Waals surface area (Å²) in [5, 5.41) is 5.57. The largest absolute Gasteiger partial charge is 0.454 e. The van der Waals surface area contributed by atoms with E-state index in [1.54, 1.807) is 12.1 Å². The zero-order valence-corrected chi connectivity index (χ0v) is 13.8. The highest BCUT2D eigenvalue weighted by Gasteiger charge is 2.14. The molecule has 114 valence electrons. The SMILES string of the molecule is C/C(=N/Nc1c(Cl)cc(Cl)cc1Cl)c1ccc2c(c1)OCO2.